The molecule has 3 aromatic rings. The first-order chi connectivity index (χ1) is 9.24. The second kappa shape index (κ2) is 4.52. The molecule has 0 amide bonds. The van der Waals surface area contributed by atoms with Crippen LogP contribution in [-0.4, -0.2) is 35.8 Å². The van der Waals surface area contributed by atoms with E-state index in [0.29, 0.717) is 12.2 Å². The van der Waals surface area contributed by atoms with Gasteiger partial charge in [0, 0.05) is 18.0 Å². The number of aromatic nitrogens is 5. The minimum atomic E-state index is -0.806. The number of aromatic amines is 1. The molecule has 96 valence electrons. The Hall–Kier alpha value is -2.70. The molecule has 0 spiro atoms. The molecule has 0 saturated carbocycles. The summed E-state index contributed by atoms with van der Waals surface area (Å²) in [6, 6.07) is 1.87. The number of carboxylic acid groups (broad SMARTS) is 1. The number of H-pyrrole nitrogens is 1. The van der Waals surface area contributed by atoms with Crippen LogP contribution >= 0.6 is 0 Å². The molecule has 0 unspecified atom stereocenters. The van der Waals surface area contributed by atoms with Gasteiger partial charge in [0.25, 0.3) is 0 Å². The number of nitrogens with zero attached hydrogens (tertiary/aromatic N) is 4. The van der Waals surface area contributed by atoms with Crippen LogP contribution in [0.2, 0.25) is 0 Å². The van der Waals surface area contributed by atoms with Gasteiger partial charge in [0.2, 0.25) is 0 Å². The Bertz CT molecular complexity index is 717. The minimum absolute atomic E-state index is 0.105. The van der Waals surface area contributed by atoms with Crippen molar-refractivity contribution in [3.05, 3.63) is 36.7 Å². The van der Waals surface area contributed by atoms with Gasteiger partial charge >= 0.3 is 5.97 Å². The minimum Gasteiger partial charge on any atom is -0.481 e. The van der Waals surface area contributed by atoms with E-state index in [2.05, 4.69) is 20.1 Å². The van der Waals surface area contributed by atoms with Crippen LogP contribution < -0.4 is 0 Å². The van der Waals surface area contributed by atoms with E-state index in [9.17, 15) is 4.79 Å². The topological polar surface area (TPSA) is 96.7 Å². The van der Waals surface area contributed by atoms with Crippen molar-refractivity contribution in [2.45, 2.75) is 12.8 Å². The Balaban J connectivity index is 2.00. The van der Waals surface area contributed by atoms with Crippen LogP contribution in [0, 0.1) is 0 Å². The lowest BCUT2D eigenvalue weighted by atomic mass is 10.1. The summed E-state index contributed by atoms with van der Waals surface area (Å²) in [4.78, 5) is 21.9. The molecule has 0 aliphatic heterocycles. The van der Waals surface area contributed by atoms with E-state index in [1.54, 1.807) is 17.2 Å². The fourth-order valence-electron chi connectivity index (χ4n) is 1.97. The molecule has 7 heteroatoms. The van der Waals surface area contributed by atoms with Crippen LogP contribution in [0.25, 0.3) is 16.7 Å². The number of fused-ring (bicyclic) bond motifs is 1. The number of carbonyl (C=O) groups is 1. The number of carboxylic acids is 1. The van der Waals surface area contributed by atoms with Crippen LogP contribution in [0.1, 0.15) is 12.0 Å². The highest BCUT2D eigenvalue weighted by Crippen LogP contribution is 2.20. The first kappa shape index (κ1) is 11.4. The van der Waals surface area contributed by atoms with Gasteiger partial charge in [-0.1, -0.05) is 0 Å². The van der Waals surface area contributed by atoms with Gasteiger partial charge in [-0.2, -0.15) is 5.10 Å². The van der Waals surface area contributed by atoms with Crippen LogP contribution in [0.4, 0.5) is 0 Å². The summed E-state index contributed by atoms with van der Waals surface area (Å²) in [6.07, 6.45) is 7.12. The van der Waals surface area contributed by atoms with Gasteiger partial charge in [0.15, 0.2) is 5.82 Å². The van der Waals surface area contributed by atoms with Gasteiger partial charge in [-0.3, -0.25) is 4.79 Å². The number of nitrogens with one attached hydrogen (secondary N) is 1. The molecule has 7 nitrogen and oxygen atoms in total. The van der Waals surface area contributed by atoms with Crippen molar-refractivity contribution in [2.24, 2.45) is 0 Å². The Morgan fingerprint density at radius 1 is 1.47 bits per heavy atom. The van der Waals surface area contributed by atoms with Gasteiger partial charge in [0.1, 0.15) is 12.7 Å². The number of hydrogen-bond donors (Lipinski definition) is 2. The molecule has 0 saturated heterocycles. The lowest BCUT2D eigenvalue weighted by Crippen LogP contribution is -1.99. The third kappa shape index (κ3) is 2.17. The van der Waals surface area contributed by atoms with E-state index in [-0.39, 0.29) is 6.42 Å². The molecule has 3 rings (SSSR count). The molecule has 2 N–H and O–H groups in total. The fourth-order valence-corrected chi connectivity index (χ4v) is 1.97. The second-order valence-corrected chi connectivity index (χ2v) is 4.14. The van der Waals surface area contributed by atoms with Crippen LogP contribution in [0.15, 0.2) is 31.1 Å². The lowest BCUT2D eigenvalue weighted by Gasteiger charge is -2.01. The van der Waals surface area contributed by atoms with E-state index in [1.807, 2.05) is 12.3 Å². The largest absolute Gasteiger partial charge is 0.481 e. The predicted molar refractivity (Wildman–Crippen MR) is 67.0 cm³/mol. The van der Waals surface area contributed by atoms with Crippen LogP contribution in [0.3, 0.4) is 0 Å². The maximum Gasteiger partial charge on any atom is 0.303 e. The predicted octanol–water partition coefficient (Wildman–Crippen LogP) is 1.16. The van der Waals surface area contributed by atoms with E-state index in [4.69, 9.17) is 5.11 Å². The van der Waals surface area contributed by atoms with Crippen LogP contribution in [-0.2, 0) is 11.2 Å². The summed E-state index contributed by atoms with van der Waals surface area (Å²) in [6.45, 7) is 0. The van der Waals surface area contributed by atoms with Gasteiger partial charge in [-0.15, -0.1) is 0 Å². The van der Waals surface area contributed by atoms with Crippen molar-refractivity contribution >= 4 is 16.9 Å². The second-order valence-electron chi connectivity index (χ2n) is 4.14. The molecule has 3 heterocycles. The van der Waals surface area contributed by atoms with E-state index in [0.717, 1.165) is 16.5 Å². The number of pyridine rings is 1. The van der Waals surface area contributed by atoms with Crippen molar-refractivity contribution < 1.29 is 9.90 Å². The van der Waals surface area contributed by atoms with Crippen molar-refractivity contribution in [1.29, 1.82) is 0 Å². The number of aliphatic carboxylic acids is 1. The molecule has 0 aliphatic rings. The quantitative estimate of drug-likeness (QED) is 0.731. The summed E-state index contributed by atoms with van der Waals surface area (Å²) in [5.41, 5.74) is 1.84. The van der Waals surface area contributed by atoms with E-state index < -0.39 is 5.97 Å². The van der Waals surface area contributed by atoms with Crippen LogP contribution in [0.5, 0.6) is 0 Å². The molecule has 0 aliphatic carbocycles. The zero-order chi connectivity index (χ0) is 13.2. The normalized spacial score (nSPS) is 10.9. The summed E-state index contributed by atoms with van der Waals surface area (Å²) in [5.74, 6) is -0.152. The number of hydrogen-bond acceptors (Lipinski definition) is 4. The first-order valence-corrected chi connectivity index (χ1v) is 5.77. The summed E-state index contributed by atoms with van der Waals surface area (Å²) in [7, 11) is 0. The van der Waals surface area contributed by atoms with Gasteiger partial charge in [0.05, 0.1) is 11.7 Å². The molecule has 0 aromatic carbocycles. The molecule has 0 fully saturated rings. The maximum atomic E-state index is 10.6. The first-order valence-electron chi connectivity index (χ1n) is 5.77. The van der Waals surface area contributed by atoms with E-state index in [1.165, 1.54) is 6.33 Å². The summed E-state index contributed by atoms with van der Waals surface area (Å²) >= 11 is 0. The average Bonchev–Trinajstić information content (AvgIpc) is 3.05. The maximum absolute atomic E-state index is 10.6. The Morgan fingerprint density at radius 2 is 2.37 bits per heavy atom. The highest BCUT2D eigenvalue weighted by atomic mass is 16.4. The molecule has 0 radical (unpaired) electrons. The summed E-state index contributed by atoms with van der Waals surface area (Å²) < 4.78 is 1.56. The molecule has 3 aromatic heterocycles. The fraction of sp³-hybridized carbons (Fsp3) is 0.167. The zero-order valence-electron chi connectivity index (χ0n) is 9.95. The average molecular weight is 257 g/mol. The highest BCUT2D eigenvalue weighted by Gasteiger charge is 2.08. The standard InChI is InChI=1S/C12H11N5O2/c18-12(19)2-1-8-4-14-10-5-15-11(3-9(8)10)17-7-13-6-16-17/h3-7,14H,1-2H2,(H,18,19). The monoisotopic (exact) mass is 257 g/mol. The zero-order valence-corrected chi connectivity index (χ0v) is 9.95. The number of rotatable bonds is 4. The van der Waals surface area contributed by atoms with Crippen molar-refractivity contribution in [3.63, 3.8) is 0 Å². The third-order valence-electron chi connectivity index (χ3n) is 2.90. The Labute approximate surface area is 107 Å². The smallest absolute Gasteiger partial charge is 0.303 e. The van der Waals surface area contributed by atoms with Gasteiger partial charge < -0.3 is 10.1 Å². The van der Waals surface area contributed by atoms with Crippen molar-refractivity contribution in [3.8, 4) is 5.82 Å². The van der Waals surface area contributed by atoms with E-state index >= 15 is 0 Å². The molecular formula is C12H11N5O2. The highest BCUT2D eigenvalue weighted by molar-refractivity contribution is 5.84. The Morgan fingerprint density at radius 3 is 3.11 bits per heavy atom. The SMILES string of the molecule is O=C(O)CCc1c[nH]c2cnc(-n3cncn3)cc12. The molecular weight excluding hydrogens is 246 g/mol. The van der Waals surface area contributed by atoms with Crippen molar-refractivity contribution in [1.82, 2.24) is 24.7 Å². The van der Waals surface area contributed by atoms with Gasteiger partial charge in [-0.25, -0.2) is 14.6 Å². The summed E-state index contributed by atoms with van der Waals surface area (Å²) in [5, 5.41) is 13.7. The number of aryl methyl sites for hydroxylation is 1. The molecule has 19 heavy (non-hydrogen) atoms. The third-order valence-corrected chi connectivity index (χ3v) is 2.90. The lowest BCUT2D eigenvalue weighted by molar-refractivity contribution is -0.136. The molecule has 0 bridgehead atoms. The van der Waals surface area contributed by atoms with Gasteiger partial charge in [-0.05, 0) is 18.1 Å². The molecule has 0 atom stereocenters. The Kier molecular flexibility index (Phi) is 2.71. The van der Waals surface area contributed by atoms with Crippen molar-refractivity contribution in [2.75, 3.05) is 0 Å².